The average Bonchev–Trinajstić information content (AvgIpc) is 3.43. The summed E-state index contributed by atoms with van der Waals surface area (Å²) in [6, 6.07) is 20.6. The fourth-order valence-corrected chi connectivity index (χ4v) is 6.87. The van der Waals surface area contributed by atoms with Gasteiger partial charge in [-0.3, -0.25) is 0 Å². The first kappa shape index (κ1) is 21.7. The number of rotatable bonds is 7. The van der Waals surface area contributed by atoms with Gasteiger partial charge in [-0.25, -0.2) is 0 Å². The van der Waals surface area contributed by atoms with Crippen molar-refractivity contribution in [2.75, 3.05) is 0 Å². The van der Waals surface area contributed by atoms with Gasteiger partial charge in [0.15, 0.2) is 0 Å². The van der Waals surface area contributed by atoms with Crippen molar-refractivity contribution in [3.05, 3.63) is 76.2 Å². The minimum atomic E-state index is 1.16. The number of para-hydroxylation sites is 1. The van der Waals surface area contributed by atoms with Gasteiger partial charge in [0.05, 0.1) is 0 Å². The highest BCUT2D eigenvalue weighted by Gasteiger charge is 2.20. The number of nitrogens with one attached hydrogen (secondary N) is 1. The van der Waals surface area contributed by atoms with Crippen molar-refractivity contribution in [2.24, 2.45) is 0 Å². The molecular weight excluding hydrogens is 430 g/mol. The van der Waals surface area contributed by atoms with Crippen LogP contribution in [0.4, 0.5) is 0 Å². The fourth-order valence-electron chi connectivity index (χ4n) is 5.58. The maximum atomic E-state index is 3.59. The molecule has 0 spiro atoms. The zero-order chi connectivity index (χ0) is 23.1. The van der Waals surface area contributed by atoms with E-state index < -0.39 is 0 Å². The van der Waals surface area contributed by atoms with E-state index in [1.165, 1.54) is 99.1 Å². The number of hydrogen-bond acceptors (Lipinski definition) is 1. The Morgan fingerprint density at radius 3 is 2.50 bits per heavy atom. The van der Waals surface area contributed by atoms with Gasteiger partial charge in [-0.1, -0.05) is 62.6 Å². The number of fused-ring (bicyclic) bond motifs is 6. The van der Waals surface area contributed by atoms with E-state index in [1.54, 1.807) is 10.5 Å². The van der Waals surface area contributed by atoms with E-state index in [1.807, 2.05) is 11.3 Å². The first-order valence-electron chi connectivity index (χ1n) is 13.0. The molecule has 2 aromatic heterocycles. The van der Waals surface area contributed by atoms with Crippen LogP contribution in [0, 0.1) is 0 Å². The van der Waals surface area contributed by atoms with E-state index in [0.29, 0.717) is 0 Å². The van der Waals surface area contributed by atoms with Gasteiger partial charge in [-0.05, 0) is 91.1 Å². The van der Waals surface area contributed by atoms with Crippen LogP contribution in [0.1, 0.15) is 68.4 Å². The van der Waals surface area contributed by atoms with Gasteiger partial charge >= 0.3 is 0 Å². The van der Waals surface area contributed by atoms with Crippen LogP contribution < -0.4 is 0 Å². The Bertz CT molecular complexity index is 1530. The standard InChI is InChI=1S/C32H33NS/c1-3-5-9-21-13-16-31-27(17-21)28-19-22(10-6-4-2)18-25(32(28)34-31)23-14-15-30-26(20-23)24-11-7-8-12-29(24)33-30/h7-8,11-12,14-15,17-20,33H,3-6,9-10,13,16H2,1-2H3. The van der Waals surface area contributed by atoms with Crippen molar-refractivity contribution in [1.29, 1.82) is 0 Å². The van der Waals surface area contributed by atoms with Gasteiger partial charge in [0, 0.05) is 36.8 Å². The minimum absolute atomic E-state index is 1.16. The van der Waals surface area contributed by atoms with Crippen LogP contribution in [0.2, 0.25) is 0 Å². The normalized spacial score (nSPS) is 13.6. The van der Waals surface area contributed by atoms with Crippen LogP contribution >= 0.6 is 11.3 Å². The summed E-state index contributed by atoms with van der Waals surface area (Å²) in [7, 11) is 0. The van der Waals surface area contributed by atoms with Crippen molar-refractivity contribution in [2.45, 2.75) is 65.2 Å². The molecule has 3 aromatic carbocycles. The predicted molar refractivity (Wildman–Crippen MR) is 151 cm³/mol. The SMILES string of the molecule is CCCCC1=Cc2c(sc3c(-c4ccc5[nH]c6ccccc6c5c4)cc(CCCC)cc23)CC1. The molecule has 2 heterocycles. The number of H-pyrrole nitrogens is 1. The maximum absolute atomic E-state index is 3.59. The number of aryl methyl sites for hydroxylation is 2. The third-order valence-corrected chi connectivity index (χ3v) is 8.79. The van der Waals surface area contributed by atoms with E-state index in [4.69, 9.17) is 0 Å². The van der Waals surface area contributed by atoms with Crippen molar-refractivity contribution < 1.29 is 0 Å². The molecule has 0 saturated carbocycles. The van der Waals surface area contributed by atoms with Crippen molar-refractivity contribution >= 4 is 49.3 Å². The lowest BCUT2D eigenvalue weighted by Crippen LogP contribution is -1.96. The second kappa shape index (κ2) is 9.07. The van der Waals surface area contributed by atoms with Crippen molar-refractivity contribution in [1.82, 2.24) is 4.98 Å². The van der Waals surface area contributed by atoms with Gasteiger partial charge in [0.1, 0.15) is 0 Å². The predicted octanol–water partition coefficient (Wildman–Crippen LogP) is 10.1. The number of benzene rings is 3. The second-order valence-corrected chi connectivity index (χ2v) is 11.0. The first-order chi connectivity index (χ1) is 16.7. The largest absolute Gasteiger partial charge is 0.355 e. The van der Waals surface area contributed by atoms with Gasteiger partial charge < -0.3 is 4.98 Å². The number of allylic oxidation sites excluding steroid dienone is 1. The van der Waals surface area contributed by atoms with Crippen LogP contribution in [0.15, 0.2) is 60.2 Å². The average molecular weight is 464 g/mol. The number of thiophene rings is 1. The molecule has 1 aliphatic rings. The highest BCUT2D eigenvalue weighted by molar-refractivity contribution is 7.20. The van der Waals surface area contributed by atoms with E-state index in [0.717, 1.165) is 6.42 Å². The third-order valence-electron chi connectivity index (χ3n) is 7.47. The lowest BCUT2D eigenvalue weighted by Gasteiger charge is -2.13. The van der Waals surface area contributed by atoms with Crippen molar-refractivity contribution in [3.63, 3.8) is 0 Å². The van der Waals surface area contributed by atoms with Crippen LogP contribution in [-0.2, 0) is 12.8 Å². The Kier molecular flexibility index (Phi) is 5.79. The molecule has 1 aliphatic carbocycles. The Morgan fingerprint density at radius 2 is 1.62 bits per heavy atom. The molecular formula is C32H33NS. The molecule has 0 aliphatic heterocycles. The van der Waals surface area contributed by atoms with Crippen LogP contribution in [0.3, 0.4) is 0 Å². The molecule has 1 nitrogen and oxygen atoms in total. The molecule has 1 N–H and O–H groups in total. The number of unbranched alkanes of at least 4 members (excludes halogenated alkanes) is 2. The summed E-state index contributed by atoms with van der Waals surface area (Å²) in [6.07, 6.45) is 12.5. The topological polar surface area (TPSA) is 15.8 Å². The Morgan fingerprint density at radius 1 is 0.794 bits per heavy atom. The lowest BCUT2D eigenvalue weighted by atomic mass is 9.91. The van der Waals surface area contributed by atoms with Crippen molar-refractivity contribution in [3.8, 4) is 11.1 Å². The van der Waals surface area contributed by atoms with Gasteiger partial charge in [0.25, 0.3) is 0 Å². The molecule has 0 bridgehead atoms. The Hall–Kier alpha value is -2.84. The molecule has 172 valence electrons. The number of hydrogen-bond donors (Lipinski definition) is 1. The molecule has 0 amide bonds. The molecule has 2 heteroatoms. The highest BCUT2D eigenvalue weighted by Crippen LogP contribution is 2.44. The lowest BCUT2D eigenvalue weighted by molar-refractivity contribution is 0.752. The molecule has 0 atom stereocenters. The van der Waals surface area contributed by atoms with E-state index >= 15 is 0 Å². The number of aromatic amines is 1. The maximum Gasteiger partial charge on any atom is 0.0465 e. The summed E-state index contributed by atoms with van der Waals surface area (Å²) < 4.78 is 1.47. The van der Waals surface area contributed by atoms with E-state index in [2.05, 4.69) is 79.5 Å². The smallest absolute Gasteiger partial charge is 0.0465 e. The molecule has 6 rings (SSSR count). The highest BCUT2D eigenvalue weighted by atomic mass is 32.1. The number of aromatic nitrogens is 1. The summed E-state index contributed by atoms with van der Waals surface area (Å²) in [5.74, 6) is 0. The first-order valence-corrected chi connectivity index (χ1v) is 13.9. The third kappa shape index (κ3) is 3.79. The summed E-state index contributed by atoms with van der Waals surface area (Å²) in [5.41, 5.74) is 9.84. The molecule has 0 unspecified atom stereocenters. The summed E-state index contributed by atoms with van der Waals surface area (Å²) in [4.78, 5) is 5.17. The second-order valence-electron chi connectivity index (χ2n) is 9.90. The van der Waals surface area contributed by atoms with Crippen LogP contribution in [0.5, 0.6) is 0 Å². The summed E-state index contributed by atoms with van der Waals surface area (Å²) >= 11 is 2.04. The Labute approximate surface area is 206 Å². The van der Waals surface area contributed by atoms with Crippen LogP contribution in [0.25, 0.3) is 49.1 Å². The van der Waals surface area contributed by atoms with Crippen LogP contribution in [-0.4, -0.2) is 4.98 Å². The summed E-state index contributed by atoms with van der Waals surface area (Å²) in [5, 5.41) is 4.12. The molecule has 34 heavy (non-hydrogen) atoms. The fraction of sp³-hybridized carbons (Fsp3) is 0.312. The quantitative estimate of drug-likeness (QED) is 0.247. The van der Waals surface area contributed by atoms with E-state index in [9.17, 15) is 0 Å². The van der Waals surface area contributed by atoms with Gasteiger partial charge in [-0.2, -0.15) is 0 Å². The molecule has 0 saturated heterocycles. The zero-order valence-electron chi connectivity index (χ0n) is 20.3. The molecule has 0 fully saturated rings. The van der Waals surface area contributed by atoms with Gasteiger partial charge in [-0.15, -0.1) is 11.3 Å². The molecule has 0 radical (unpaired) electrons. The zero-order valence-corrected chi connectivity index (χ0v) is 21.2. The minimum Gasteiger partial charge on any atom is -0.355 e. The van der Waals surface area contributed by atoms with E-state index in [-0.39, 0.29) is 0 Å². The Balaban J connectivity index is 1.55. The summed E-state index contributed by atoms with van der Waals surface area (Å²) in [6.45, 7) is 4.59. The monoisotopic (exact) mass is 463 g/mol. The van der Waals surface area contributed by atoms with Gasteiger partial charge in [0.2, 0.25) is 0 Å². The molecule has 5 aromatic rings.